The molecule has 136 valence electrons. The summed E-state index contributed by atoms with van der Waals surface area (Å²) in [5.74, 6) is -0.791. The molecular weight excluding hydrogens is 310 g/mol. The van der Waals surface area contributed by atoms with Crippen LogP contribution in [-0.2, 0) is 9.53 Å². The first-order chi connectivity index (χ1) is 11.6. The van der Waals surface area contributed by atoms with E-state index < -0.39 is 5.97 Å². The van der Waals surface area contributed by atoms with Crippen LogP contribution in [0.5, 0.6) is 0 Å². The van der Waals surface area contributed by atoms with Crippen molar-refractivity contribution in [1.82, 2.24) is 15.1 Å². The van der Waals surface area contributed by atoms with Crippen molar-refractivity contribution in [1.29, 1.82) is 0 Å². The first-order valence-corrected chi connectivity index (χ1v) is 9.23. The number of likely N-dealkylation sites (tertiary alicyclic amines) is 1. The fourth-order valence-electron chi connectivity index (χ4n) is 4.27. The molecule has 0 aromatic rings. The molecule has 7 heteroatoms. The monoisotopic (exact) mass is 339 g/mol. The second-order valence-electron chi connectivity index (χ2n) is 7.18. The Labute approximate surface area is 143 Å². The zero-order chi connectivity index (χ0) is 17.1. The van der Waals surface area contributed by atoms with Gasteiger partial charge in [0, 0.05) is 25.2 Å². The third-order valence-electron chi connectivity index (χ3n) is 5.66. The molecule has 0 radical (unpaired) electrons. The van der Waals surface area contributed by atoms with Gasteiger partial charge in [-0.05, 0) is 45.1 Å². The van der Waals surface area contributed by atoms with E-state index in [1.54, 1.807) is 0 Å². The zero-order valence-electron chi connectivity index (χ0n) is 14.4. The number of ether oxygens (including phenoxy) is 1. The van der Waals surface area contributed by atoms with Crippen molar-refractivity contribution in [3.63, 3.8) is 0 Å². The van der Waals surface area contributed by atoms with Gasteiger partial charge in [0.15, 0.2) is 0 Å². The number of hydrogen-bond donors (Lipinski definition) is 2. The van der Waals surface area contributed by atoms with Crippen LogP contribution in [0.1, 0.15) is 45.4 Å². The molecule has 2 saturated heterocycles. The molecule has 7 nitrogen and oxygen atoms in total. The summed E-state index contributed by atoms with van der Waals surface area (Å²) < 4.78 is 5.78. The van der Waals surface area contributed by atoms with Crippen LogP contribution in [0.25, 0.3) is 0 Å². The molecule has 3 rings (SSSR count). The number of nitrogens with zero attached hydrogens (tertiary/aromatic N) is 2. The van der Waals surface area contributed by atoms with E-state index in [1.165, 1.54) is 0 Å². The largest absolute Gasteiger partial charge is 0.480 e. The summed E-state index contributed by atoms with van der Waals surface area (Å²) in [4.78, 5) is 27.4. The van der Waals surface area contributed by atoms with Gasteiger partial charge in [-0.1, -0.05) is 6.92 Å². The van der Waals surface area contributed by atoms with Gasteiger partial charge in [-0.25, -0.2) is 4.79 Å². The quantitative estimate of drug-likeness (QED) is 0.762. The molecule has 0 bridgehead atoms. The Morgan fingerprint density at radius 2 is 2.08 bits per heavy atom. The summed E-state index contributed by atoms with van der Waals surface area (Å²) in [7, 11) is 0. The van der Waals surface area contributed by atoms with Crippen molar-refractivity contribution < 1.29 is 19.4 Å². The van der Waals surface area contributed by atoms with Crippen molar-refractivity contribution in [2.24, 2.45) is 0 Å². The number of carboxylic acid groups (broad SMARTS) is 1. The van der Waals surface area contributed by atoms with Gasteiger partial charge in [-0.15, -0.1) is 0 Å². The van der Waals surface area contributed by atoms with E-state index >= 15 is 0 Å². The highest BCUT2D eigenvalue weighted by molar-refractivity contribution is 5.75. The van der Waals surface area contributed by atoms with Gasteiger partial charge in [0.1, 0.15) is 0 Å². The van der Waals surface area contributed by atoms with E-state index in [2.05, 4.69) is 5.32 Å². The molecule has 1 aliphatic carbocycles. The first kappa shape index (κ1) is 17.5. The Kier molecular flexibility index (Phi) is 5.61. The lowest BCUT2D eigenvalue weighted by Crippen LogP contribution is -2.58. The van der Waals surface area contributed by atoms with E-state index in [9.17, 15) is 9.59 Å². The highest BCUT2D eigenvalue weighted by atomic mass is 16.5. The molecule has 1 saturated carbocycles. The summed E-state index contributed by atoms with van der Waals surface area (Å²) in [5, 5.41) is 12.1. The normalized spacial score (nSPS) is 32.8. The van der Waals surface area contributed by atoms with Crippen LogP contribution in [0.4, 0.5) is 4.79 Å². The van der Waals surface area contributed by atoms with Crippen molar-refractivity contribution >= 4 is 12.0 Å². The van der Waals surface area contributed by atoms with E-state index in [0.717, 1.165) is 58.2 Å². The number of carbonyl (C=O) groups excluding carboxylic acids is 1. The Balaban J connectivity index is 1.45. The van der Waals surface area contributed by atoms with Gasteiger partial charge < -0.3 is 20.1 Å². The van der Waals surface area contributed by atoms with Crippen LogP contribution in [0.2, 0.25) is 0 Å². The molecule has 2 atom stereocenters. The topological polar surface area (TPSA) is 82.1 Å². The Morgan fingerprint density at radius 3 is 2.71 bits per heavy atom. The molecule has 2 unspecified atom stereocenters. The highest BCUT2D eigenvalue weighted by Gasteiger charge is 2.40. The number of nitrogens with one attached hydrogen (secondary N) is 1. The van der Waals surface area contributed by atoms with E-state index in [-0.39, 0.29) is 36.8 Å². The van der Waals surface area contributed by atoms with Crippen LogP contribution in [0.3, 0.4) is 0 Å². The molecule has 24 heavy (non-hydrogen) atoms. The molecule has 3 fully saturated rings. The van der Waals surface area contributed by atoms with Gasteiger partial charge >= 0.3 is 12.0 Å². The Bertz CT molecular complexity index is 461. The highest BCUT2D eigenvalue weighted by Crippen LogP contribution is 2.29. The van der Waals surface area contributed by atoms with Crippen molar-refractivity contribution in [3.8, 4) is 0 Å². The van der Waals surface area contributed by atoms with Crippen LogP contribution in [0.15, 0.2) is 0 Å². The lowest BCUT2D eigenvalue weighted by atomic mass is 9.85. The van der Waals surface area contributed by atoms with E-state index in [0.29, 0.717) is 0 Å². The number of carboxylic acids is 1. The van der Waals surface area contributed by atoms with Gasteiger partial charge in [0.2, 0.25) is 0 Å². The molecule has 0 aromatic heterocycles. The molecular formula is C17H29N3O4. The minimum Gasteiger partial charge on any atom is -0.480 e. The summed E-state index contributed by atoms with van der Waals surface area (Å²) >= 11 is 0. The Hall–Kier alpha value is -1.34. The van der Waals surface area contributed by atoms with Gasteiger partial charge in [0.05, 0.1) is 18.7 Å². The van der Waals surface area contributed by atoms with Crippen LogP contribution in [0, 0.1) is 0 Å². The maximum atomic E-state index is 12.6. The van der Waals surface area contributed by atoms with Crippen LogP contribution in [-0.4, -0.2) is 77.4 Å². The summed E-state index contributed by atoms with van der Waals surface area (Å²) in [6, 6.07) is 0.681. The SMILES string of the molecule is CCN(CC(=O)O)C1CC(NC(=O)N2CCCC2C2CCCO2)C1. The van der Waals surface area contributed by atoms with Crippen LogP contribution >= 0.6 is 0 Å². The van der Waals surface area contributed by atoms with Crippen molar-refractivity contribution in [2.45, 2.75) is 69.7 Å². The van der Waals surface area contributed by atoms with Gasteiger partial charge in [-0.3, -0.25) is 9.69 Å². The van der Waals surface area contributed by atoms with Crippen LogP contribution < -0.4 is 5.32 Å². The van der Waals surface area contributed by atoms with E-state index in [1.807, 2.05) is 16.7 Å². The number of urea groups is 1. The standard InChI is InChI=1S/C17H29N3O4/c1-2-19(11-16(21)22)13-9-12(10-13)18-17(23)20-7-3-5-14(20)15-6-4-8-24-15/h12-15H,2-11H2,1H3,(H,18,23)(H,21,22). The molecule has 3 aliphatic rings. The number of amides is 2. The average molecular weight is 339 g/mol. The molecule has 2 N–H and O–H groups in total. The predicted octanol–water partition coefficient (Wildman–Crippen LogP) is 1.28. The summed E-state index contributed by atoms with van der Waals surface area (Å²) in [6.07, 6.45) is 6.12. The number of rotatable bonds is 6. The number of hydrogen-bond acceptors (Lipinski definition) is 4. The second kappa shape index (κ2) is 7.70. The fraction of sp³-hybridized carbons (Fsp3) is 0.882. The minimum atomic E-state index is -0.791. The maximum absolute atomic E-state index is 12.6. The number of likely N-dealkylation sites (N-methyl/N-ethyl adjacent to an activating group) is 1. The van der Waals surface area contributed by atoms with E-state index in [4.69, 9.17) is 9.84 Å². The molecule has 0 spiro atoms. The fourth-order valence-corrected chi connectivity index (χ4v) is 4.27. The summed E-state index contributed by atoms with van der Waals surface area (Å²) in [6.45, 7) is 4.41. The molecule has 2 amide bonds. The average Bonchev–Trinajstić information content (AvgIpc) is 3.17. The number of carbonyl (C=O) groups is 2. The lowest BCUT2D eigenvalue weighted by Gasteiger charge is -2.43. The predicted molar refractivity (Wildman–Crippen MR) is 88.9 cm³/mol. The molecule has 0 aromatic carbocycles. The van der Waals surface area contributed by atoms with Gasteiger partial charge in [0.25, 0.3) is 0 Å². The lowest BCUT2D eigenvalue weighted by molar-refractivity contribution is -0.139. The van der Waals surface area contributed by atoms with Crippen molar-refractivity contribution in [3.05, 3.63) is 0 Å². The third kappa shape index (κ3) is 3.83. The second-order valence-corrected chi connectivity index (χ2v) is 7.18. The maximum Gasteiger partial charge on any atom is 0.317 e. The first-order valence-electron chi connectivity index (χ1n) is 9.23. The van der Waals surface area contributed by atoms with Gasteiger partial charge in [-0.2, -0.15) is 0 Å². The smallest absolute Gasteiger partial charge is 0.317 e. The zero-order valence-corrected chi connectivity index (χ0v) is 14.4. The minimum absolute atomic E-state index is 0.0257. The summed E-state index contributed by atoms with van der Waals surface area (Å²) in [5.41, 5.74) is 0. The molecule has 2 heterocycles. The Morgan fingerprint density at radius 1 is 1.29 bits per heavy atom. The van der Waals surface area contributed by atoms with Crippen molar-refractivity contribution in [2.75, 3.05) is 26.2 Å². The third-order valence-corrected chi connectivity index (χ3v) is 5.66. The molecule has 2 aliphatic heterocycles. The number of aliphatic carboxylic acids is 1.